The van der Waals surface area contributed by atoms with Gasteiger partial charge in [0.2, 0.25) is 20.0 Å². The SMILES string of the molecule is CSc1ccc(C(=O)Nc2ccc(C=Cc3ccc(NC(=O)c4ccc(SC)c(S(=O)(=O)N5CCOCC5)c4)cc3S)cc2)cc1S(=O)(=O)N1CCOCC1. The summed E-state index contributed by atoms with van der Waals surface area (Å²) in [7, 11) is -7.62. The molecule has 2 amide bonds. The summed E-state index contributed by atoms with van der Waals surface area (Å²) >= 11 is 7.23. The number of ether oxygens (including phenoxy) is 2. The van der Waals surface area contributed by atoms with E-state index in [0.29, 0.717) is 52.5 Å². The number of benzene rings is 4. The Bertz CT molecular complexity index is 2310. The molecule has 0 aliphatic carbocycles. The Hall–Kier alpha value is -3.65. The second-order valence-corrected chi connectivity index (χ2v) is 18.4. The first-order valence-corrected chi connectivity index (χ1v) is 22.9. The Kier molecular flexibility index (Phi) is 13.5. The van der Waals surface area contributed by atoms with Gasteiger partial charge in [0, 0.05) is 63.4 Å². The normalized spacial score (nSPS) is 15.9. The van der Waals surface area contributed by atoms with Crippen molar-refractivity contribution in [2.75, 3.05) is 75.8 Å². The van der Waals surface area contributed by atoms with Crippen molar-refractivity contribution in [3.63, 3.8) is 0 Å². The second kappa shape index (κ2) is 18.1. The monoisotopic (exact) mass is 840 g/mol. The molecule has 12 nitrogen and oxygen atoms in total. The molecule has 2 heterocycles. The number of carbonyl (C=O) groups excluding carboxylic acids is 2. The first-order chi connectivity index (χ1) is 26.4. The predicted molar refractivity (Wildman–Crippen MR) is 221 cm³/mol. The fraction of sp³-hybridized carbons (Fsp3) is 0.263. The van der Waals surface area contributed by atoms with Crippen molar-refractivity contribution < 1.29 is 35.9 Å². The van der Waals surface area contributed by atoms with Crippen LogP contribution in [0.4, 0.5) is 11.4 Å². The van der Waals surface area contributed by atoms with Gasteiger partial charge in [0.15, 0.2) is 0 Å². The zero-order valence-corrected chi connectivity index (χ0v) is 34.2. The van der Waals surface area contributed by atoms with Crippen molar-refractivity contribution in [1.82, 2.24) is 8.61 Å². The van der Waals surface area contributed by atoms with Crippen LogP contribution >= 0.6 is 36.2 Å². The summed E-state index contributed by atoms with van der Waals surface area (Å²) in [5.41, 5.74) is 3.11. The molecule has 2 saturated heterocycles. The van der Waals surface area contributed by atoms with Crippen molar-refractivity contribution in [1.29, 1.82) is 0 Å². The van der Waals surface area contributed by atoms with Gasteiger partial charge in [-0.2, -0.15) is 8.61 Å². The van der Waals surface area contributed by atoms with Gasteiger partial charge in [-0.05, 0) is 84.3 Å². The van der Waals surface area contributed by atoms with Crippen molar-refractivity contribution in [2.45, 2.75) is 24.5 Å². The van der Waals surface area contributed by atoms with Crippen molar-refractivity contribution in [3.8, 4) is 0 Å². The highest BCUT2D eigenvalue weighted by Gasteiger charge is 2.31. The summed E-state index contributed by atoms with van der Waals surface area (Å²) in [6.07, 6.45) is 7.34. The van der Waals surface area contributed by atoms with E-state index in [1.165, 1.54) is 44.3 Å². The van der Waals surface area contributed by atoms with Gasteiger partial charge in [-0.3, -0.25) is 9.59 Å². The lowest BCUT2D eigenvalue weighted by Gasteiger charge is -2.27. The topological polar surface area (TPSA) is 151 Å². The molecule has 0 atom stereocenters. The van der Waals surface area contributed by atoms with Crippen LogP contribution in [0.3, 0.4) is 0 Å². The van der Waals surface area contributed by atoms with E-state index in [1.807, 2.05) is 30.4 Å². The maximum atomic E-state index is 13.4. The number of rotatable bonds is 12. The zero-order valence-electron chi connectivity index (χ0n) is 30.1. The van der Waals surface area contributed by atoms with Crippen LogP contribution in [0.15, 0.2) is 103 Å². The average molecular weight is 841 g/mol. The van der Waals surface area contributed by atoms with Gasteiger partial charge in [0.25, 0.3) is 11.8 Å². The minimum atomic E-state index is -3.82. The van der Waals surface area contributed by atoms with Gasteiger partial charge >= 0.3 is 0 Å². The summed E-state index contributed by atoms with van der Waals surface area (Å²) in [6.45, 7) is 2.32. The maximum absolute atomic E-state index is 13.4. The molecule has 0 aromatic heterocycles. The highest BCUT2D eigenvalue weighted by Crippen LogP contribution is 2.31. The van der Waals surface area contributed by atoms with Crippen LogP contribution in [-0.4, -0.2) is 102 Å². The second-order valence-electron chi connectivity index (χ2n) is 12.4. The van der Waals surface area contributed by atoms with Gasteiger partial charge in [-0.15, -0.1) is 36.2 Å². The summed E-state index contributed by atoms with van der Waals surface area (Å²) < 4.78 is 67.1. The van der Waals surface area contributed by atoms with Crippen LogP contribution in [0.2, 0.25) is 0 Å². The van der Waals surface area contributed by atoms with Crippen molar-refractivity contribution >= 4 is 91.5 Å². The highest BCUT2D eigenvalue weighted by atomic mass is 32.2. The molecule has 0 bridgehead atoms. The molecule has 0 radical (unpaired) electrons. The highest BCUT2D eigenvalue weighted by molar-refractivity contribution is 7.99. The quantitative estimate of drug-likeness (QED) is 0.0863. The molecule has 17 heteroatoms. The van der Waals surface area contributed by atoms with Crippen LogP contribution < -0.4 is 10.6 Å². The number of nitrogens with one attached hydrogen (secondary N) is 2. The lowest BCUT2D eigenvalue weighted by molar-refractivity contribution is 0.0729. The zero-order chi connectivity index (χ0) is 39.2. The Morgan fingerprint density at radius 3 is 1.55 bits per heavy atom. The van der Waals surface area contributed by atoms with E-state index >= 15 is 0 Å². The van der Waals surface area contributed by atoms with E-state index < -0.39 is 31.9 Å². The number of hydrogen-bond acceptors (Lipinski definition) is 11. The standard InChI is InChI=1S/C38H40N4O8S5/c1-52-33-13-8-28(23-35(33)54(45,46)41-15-19-49-20-16-41)37(43)39-30-10-4-26(5-11-30)3-6-27-7-12-31(25-32(27)51)40-38(44)29-9-14-34(53-2)36(24-29)55(47,48)42-17-21-50-22-18-42/h3-14,23-25,51H,15-22H2,1-2H3,(H,39,43)(H,40,44). The molecule has 2 fully saturated rings. The van der Waals surface area contributed by atoms with Crippen molar-refractivity contribution in [3.05, 3.63) is 101 Å². The smallest absolute Gasteiger partial charge is 0.255 e. The van der Waals surface area contributed by atoms with Crippen LogP contribution in [0, 0.1) is 0 Å². The van der Waals surface area contributed by atoms with Crippen LogP contribution in [0.1, 0.15) is 31.8 Å². The van der Waals surface area contributed by atoms with Gasteiger partial charge < -0.3 is 20.1 Å². The summed E-state index contributed by atoms with van der Waals surface area (Å²) in [5.74, 6) is -0.888. The van der Waals surface area contributed by atoms with Crippen LogP contribution in [0.5, 0.6) is 0 Å². The first kappa shape index (κ1) is 41.0. The predicted octanol–water partition coefficient (Wildman–Crippen LogP) is 6.14. The molecular formula is C38H40N4O8S5. The lowest BCUT2D eigenvalue weighted by atomic mass is 10.1. The molecule has 6 rings (SSSR count). The van der Waals surface area contributed by atoms with E-state index in [0.717, 1.165) is 11.1 Å². The van der Waals surface area contributed by atoms with E-state index in [2.05, 4.69) is 23.3 Å². The summed E-state index contributed by atoms with van der Waals surface area (Å²) in [4.78, 5) is 28.4. The Labute approximate surface area is 335 Å². The third kappa shape index (κ3) is 9.67. The number of amides is 2. The molecule has 0 unspecified atom stereocenters. The van der Waals surface area contributed by atoms with Gasteiger partial charge in [0.05, 0.1) is 36.2 Å². The Morgan fingerprint density at radius 2 is 1.09 bits per heavy atom. The molecular weight excluding hydrogens is 801 g/mol. The van der Waals surface area contributed by atoms with Crippen LogP contribution in [0.25, 0.3) is 12.2 Å². The van der Waals surface area contributed by atoms with E-state index in [1.54, 1.807) is 61.0 Å². The molecule has 2 aliphatic rings. The van der Waals surface area contributed by atoms with Gasteiger partial charge in [-0.1, -0.05) is 30.4 Å². The number of anilines is 2. The minimum Gasteiger partial charge on any atom is -0.379 e. The molecule has 55 heavy (non-hydrogen) atoms. The first-order valence-electron chi connectivity index (χ1n) is 17.2. The number of morpholine rings is 2. The van der Waals surface area contributed by atoms with Gasteiger partial charge in [-0.25, -0.2) is 16.8 Å². The third-order valence-electron chi connectivity index (χ3n) is 8.94. The summed E-state index contributed by atoms with van der Waals surface area (Å²) in [5, 5.41) is 5.69. The molecule has 4 aromatic carbocycles. The van der Waals surface area contributed by atoms with E-state index in [9.17, 15) is 26.4 Å². The fourth-order valence-corrected chi connectivity index (χ4v) is 11.3. The average Bonchev–Trinajstić information content (AvgIpc) is 3.21. The van der Waals surface area contributed by atoms with Crippen molar-refractivity contribution in [2.24, 2.45) is 0 Å². The third-order valence-corrected chi connectivity index (χ3v) is 15.1. The number of sulfonamides is 2. The fourth-order valence-electron chi connectivity index (χ4n) is 5.92. The maximum Gasteiger partial charge on any atom is 0.255 e. The lowest BCUT2D eigenvalue weighted by Crippen LogP contribution is -2.40. The largest absolute Gasteiger partial charge is 0.379 e. The number of hydrogen-bond donors (Lipinski definition) is 3. The number of carbonyl (C=O) groups is 2. The summed E-state index contributed by atoms with van der Waals surface area (Å²) in [6, 6.07) is 21.8. The van der Waals surface area contributed by atoms with E-state index in [4.69, 9.17) is 9.47 Å². The Morgan fingerprint density at radius 1 is 0.636 bits per heavy atom. The molecule has 2 N–H and O–H groups in total. The van der Waals surface area contributed by atoms with E-state index in [-0.39, 0.29) is 47.1 Å². The Balaban J connectivity index is 1.09. The van der Waals surface area contributed by atoms with Crippen LogP contribution in [-0.2, 0) is 29.5 Å². The molecule has 2 aliphatic heterocycles. The molecule has 0 spiro atoms. The number of nitrogens with zero attached hydrogens (tertiary/aromatic N) is 2. The molecule has 290 valence electrons. The number of thioether (sulfide) groups is 2. The molecule has 0 saturated carbocycles. The minimum absolute atomic E-state index is 0.0904. The van der Waals surface area contributed by atoms with Gasteiger partial charge in [0.1, 0.15) is 0 Å². The molecule has 4 aromatic rings. The number of thiol groups is 1.